The largest absolute Gasteiger partial charge is 0.489 e. The van der Waals surface area contributed by atoms with Crippen molar-refractivity contribution in [3.8, 4) is 28.3 Å². The van der Waals surface area contributed by atoms with Crippen molar-refractivity contribution >= 4 is 5.69 Å². The molecule has 1 aliphatic heterocycles. The van der Waals surface area contributed by atoms with Crippen LogP contribution in [0.3, 0.4) is 0 Å². The number of hydrogen-bond donors (Lipinski definition) is 1. The van der Waals surface area contributed by atoms with Crippen LogP contribution in [-0.4, -0.2) is 41.0 Å². The number of nitrogens with one attached hydrogen (secondary N) is 1. The van der Waals surface area contributed by atoms with Crippen molar-refractivity contribution in [1.29, 1.82) is 0 Å². The molecule has 196 valence electrons. The van der Waals surface area contributed by atoms with Gasteiger partial charge in [0.15, 0.2) is 0 Å². The van der Waals surface area contributed by atoms with Gasteiger partial charge in [-0.05, 0) is 24.6 Å². The number of nitrogens with zero attached hydrogens (tertiary/aromatic N) is 3. The van der Waals surface area contributed by atoms with Crippen LogP contribution in [-0.2, 0) is 13.2 Å². The van der Waals surface area contributed by atoms with Crippen LogP contribution >= 0.6 is 0 Å². The number of piperazine rings is 1. The van der Waals surface area contributed by atoms with E-state index in [-0.39, 0.29) is 0 Å². The standard InChI is InChI=1S/C34H34N4O/c1-26-10-8-11-27(22-26)25-39-31-17-9-16-30(23-31)38-20-18-37(19-21-38)24-32-35-33(28-12-4-2-5-13-28)34(36-32)29-14-6-3-7-15-29/h2-17,22-23H,18-21,24-25H2,1H3,(H,35,36). The van der Waals surface area contributed by atoms with Crippen LogP contribution in [0.2, 0.25) is 0 Å². The summed E-state index contributed by atoms with van der Waals surface area (Å²) in [6.45, 7) is 7.41. The van der Waals surface area contributed by atoms with Gasteiger partial charge in [0.25, 0.3) is 0 Å². The first-order valence-corrected chi connectivity index (χ1v) is 13.7. The highest BCUT2D eigenvalue weighted by Gasteiger charge is 2.20. The minimum atomic E-state index is 0.581. The number of ether oxygens (including phenoxy) is 1. The lowest BCUT2D eigenvalue weighted by Gasteiger charge is -2.35. The predicted molar refractivity (Wildman–Crippen MR) is 159 cm³/mol. The van der Waals surface area contributed by atoms with E-state index >= 15 is 0 Å². The zero-order valence-electron chi connectivity index (χ0n) is 22.4. The quantitative estimate of drug-likeness (QED) is 0.243. The molecule has 0 saturated carbocycles. The molecule has 1 saturated heterocycles. The Labute approximate surface area is 230 Å². The lowest BCUT2D eigenvalue weighted by molar-refractivity contribution is 0.244. The molecule has 1 aromatic heterocycles. The molecule has 0 radical (unpaired) electrons. The van der Waals surface area contributed by atoms with E-state index in [1.165, 1.54) is 16.8 Å². The topological polar surface area (TPSA) is 44.4 Å². The highest BCUT2D eigenvalue weighted by molar-refractivity contribution is 5.78. The van der Waals surface area contributed by atoms with Crippen molar-refractivity contribution in [3.63, 3.8) is 0 Å². The third-order valence-electron chi connectivity index (χ3n) is 7.28. The van der Waals surface area contributed by atoms with E-state index in [1.807, 2.05) is 18.2 Å². The SMILES string of the molecule is Cc1cccc(COc2cccc(N3CCN(Cc4nc(-c5ccccc5)c(-c5ccccc5)[nH]4)CC3)c2)c1. The van der Waals surface area contributed by atoms with Crippen molar-refractivity contribution in [2.24, 2.45) is 0 Å². The number of aromatic nitrogens is 2. The average molecular weight is 515 g/mol. The van der Waals surface area contributed by atoms with Gasteiger partial charge in [-0.1, -0.05) is 96.6 Å². The molecular formula is C34H34N4O. The summed E-state index contributed by atoms with van der Waals surface area (Å²) in [6, 6.07) is 37.9. The number of anilines is 1. The molecule has 1 aliphatic rings. The van der Waals surface area contributed by atoms with Gasteiger partial charge in [0, 0.05) is 49.1 Å². The van der Waals surface area contributed by atoms with Crippen molar-refractivity contribution in [1.82, 2.24) is 14.9 Å². The molecule has 39 heavy (non-hydrogen) atoms. The zero-order valence-corrected chi connectivity index (χ0v) is 22.4. The van der Waals surface area contributed by atoms with Gasteiger partial charge in [0.2, 0.25) is 0 Å². The fourth-order valence-electron chi connectivity index (χ4n) is 5.23. The number of aryl methyl sites for hydroxylation is 1. The maximum Gasteiger partial charge on any atom is 0.121 e. The molecule has 5 heteroatoms. The first-order valence-electron chi connectivity index (χ1n) is 13.7. The summed E-state index contributed by atoms with van der Waals surface area (Å²) in [5, 5.41) is 0. The maximum atomic E-state index is 6.12. The molecule has 5 aromatic rings. The molecule has 6 rings (SSSR count). The van der Waals surface area contributed by atoms with Crippen LogP contribution in [0, 0.1) is 6.92 Å². The lowest BCUT2D eigenvalue weighted by Crippen LogP contribution is -2.46. The van der Waals surface area contributed by atoms with Gasteiger partial charge in [0.05, 0.1) is 17.9 Å². The maximum absolute atomic E-state index is 6.12. The third-order valence-corrected chi connectivity index (χ3v) is 7.28. The van der Waals surface area contributed by atoms with Crippen LogP contribution in [0.15, 0.2) is 109 Å². The minimum Gasteiger partial charge on any atom is -0.489 e. The molecule has 0 aliphatic carbocycles. The molecule has 1 fully saturated rings. The van der Waals surface area contributed by atoms with Gasteiger partial charge >= 0.3 is 0 Å². The smallest absolute Gasteiger partial charge is 0.121 e. The highest BCUT2D eigenvalue weighted by atomic mass is 16.5. The molecule has 1 N–H and O–H groups in total. The van der Waals surface area contributed by atoms with E-state index in [1.54, 1.807) is 0 Å². The summed E-state index contributed by atoms with van der Waals surface area (Å²) in [5.74, 6) is 1.92. The molecule has 0 atom stereocenters. The molecule has 0 unspecified atom stereocenters. The monoisotopic (exact) mass is 514 g/mol. The number of hydrogen-bond acceptors (Lipinski definition) is 4. The Hall–Kier alpha value is -4.35. The van der Waals surface area contributed by atoms with Gasteiger partial charge in [-0.25, -0.2) is 4.98 Å². The normalized spacial score (nSPS) is 13.9. The number of rotatable bonds is 8. The van der Waals surface area contributed by atoms with E-state index in [0.29, 0.717) is 6.61 Å². The molecule has 0 amide bonds. The Bertz CT molecular complexity index is 1450. The van der Waals surface area contributed by atoms with Crippen molar-refractivity contribution in [2.45, 2.75) is 20.1 Å². The predicted octanol–water partition coefficient (Wildman–Crippen LogP) is 6.95. The molecule has 0 bridgehead atoms. The van der Waals surface area contributed by atoms with Crippen molar-refractivity contribution in [2.75, 3.05) is 31.1 Å². The summed E-state index contributed by atoms with van der Waals surface area (Å²) in [5.41, 5.74) is 8.04. The minimum absolute atomic E-state index is 0.581. The van der Waals surface area contributed by atoms with Gasteiger partial charge in [-0.15, -0.1) is 0 Å². The Morgan fingerprint density at radius 1 is 0.744 bits per heavy atom. The first kappa shape index (κ1) is 25.0. The van der Waals surface area contributed by atoms with E-state index in [0.717, 1.165) is 66.8 Å². The summed E-state index contributed by atoms with van der Waals surface area (Å²) >= 11 is 0. The van der Waals surface area contributed by atoms with E-state index < -0.39 is 0 Å². The third kappa shape index (κ3) is 6.05. The Kier molecular flexibility index (Phi) is 7.41. The molecule has 0 spiro atoms. The van der Waals surface area contributed by atoms with Crippen LogP contribution in [0.1, 0.15) is 17.0 Å². The zero-order chi connectivity index (χ0) is 26.4. The molecule has 5 nitrogen and oxygen atoms in total. The van der Waals surface area contributed by atoms with Crippen LogP contribution in [0.5, 0.6) is 5.75 Å². The number of benzene rings is 4. The lowest BCUT2D eigenvalue weighted by atomic mass is 10.1. The van der Waals surface area contributed by atoms with Crippen molar-refractivity contribution in [3.05, 3.63) is 126 Å². The van der Waals surface area contributed by atoms with E-state index in [2.05, 4.69) is 113 Å². The first-order chi connectivity index (χ1) is 19.2. The number of aromatic amines is 1. The molecule has 4 aromatic carbocycles. The Morgan fingerprint density at radius 2 is 1.46 bits per heavy atom. The Balaban J connectivity index is 1.10. The molecular weight excluding hydrogens is 480 g/mol. The fraction of sp³-hybridized carbons (Fsp3) is 0.206. The second-order valence-corrected chi connectivity index (χ2v) is 10.2. The Morgan fingerprint density at radius 3 is 2.21 bits per heavy atom. The highest BCUT2D eigenvalue weighted by Crippen LogP contribution is 2.30. The van der Waals surface area contributed by atoms with Crippen LogP contribution in [0.4, 0.5) is 5.69 Å². The second kappa shape index (κ2) is 11.6. The van der Waals surface area contributed by atoms with Gasteiger partial charge in [-0.2, -0.15) is 0 Å². The van der Waals surface area contributed by atoms with Crippen LogP contribution < -0.4 is 9.64 Å². The van der Waals surface area contributed by atoms with Gasteiger partial charge in [-0.3, -0.25) is 4.90 Å². The molecule has 2 heterocycles. The van der Waals surface area contributed by atoms with Gasteiger partial charge < -0.3 is 14.6 Å². The average Bonchev–Trinajstić information content (AvgIpc) is 3.41. The van der Waals surface area contributed by atoms with E-state index in [9.17, 15) is 0 Å². The summed E-state index contributed by atoms with van der Waals surface area (Å²) in [6.07, 6.45) is 0. The second-order valence-electron chi connectivity index (χ2n) is 10.2. The number of H-pyrrole nitrogens is 1. The van der Waals surface area contributed by atoms with Crippen LogP contribution in [0.25, 0.3) is 22.5 Å². The summed E-state index contributed by atoms with van der Waals surface area (Å²) in [4.78, 5) is 13.6. The fourth-order valence-corrected chi connectivity index (χ4v) is 5.23. The van der Waals surface area contributed by atoms with E-state index in [4.69, 9.17) is 9.72 Å². The number of imidazole rings is 1. The summed E-state index contributed by atoms with van der Waals surface area (Å²) in [7, 11) is 0. The van der Waals surface area contributed by atoms with Crippen molar-refractivity contribution < 1.29 is 4.74 Å². The summed E-state index contributed by atoms with van der Waals surface area (Å²) < 4.78 is 6.12. The van der Waals surface area contributed by atoms with Gasteiger partial charge in [0.1, 0.15) is 18.2 Å².